The SMILES string of the molecule is CC(C)[C@]12O[C@H]1N[C@]1(O)[C@]3(O[C@H]3C[C@H]3C4=C(CC[C@@]31C)C(=O)O/C4=C(/OC(=O)c1ccccc1)c1ccccc1)[C@@H]2O. The molecule has 0 bridgehead atoms. The molecule has 1 saturated carbocycles. The van der Waals surface area contributed by atoms with Crippen LogP contribution in [-0.4, -0.2) is 57.5 Å². The number of hydrogen-bond donors (Lipinski definition) is 3. The van der Waals surface area contributed by atoms with Crippen molar-refractivity contribution in [2.45, 2.75) is 75.4 Å². The molecule has 0 amide bonds. The van der Waals surface area contributed by atoms with Crippen LogP contribution in [0.5, 0.6) is 0 Å². The van der Waals surface area contributed by atoms with Gasteiger partial charge in [0.05, 0.1) is 11.7 Å². The van der Waals surface area contributed by atoms with Crippen molar-refractivity contribution in [1.82, 2.24) is 5.32 Å². The Morgan fingerprint density at radius 2 is 1.71 bits per heavy atom. The second kappa shape index (κ2) is 8.39. The average molecular weight is 572 g/mol. The number of aliphatic hydroxyl groups is 2. The van der Waals surface area contributed by atoms with Gasteiger partial charge in [0.15, 0.2) is 22.8 Å². The van der Waals surface area contributed by atoms with E-state index in [0.717, 1.165) is 0 Å². The van der Waals surface area contributed by atoms with E-state index in [9.17, 15) is 19.8 Å². The van der Waals surface area contributed by atoms with Gasteiger partial charge < -0.3 is 29.2 Å². The molecule has 218 valence electrons. The summed E-state index contributed by atoms with van der Waals surface area (Å²) in [5.41, 5.74) is -2.50. The van der Waals surface area contributed by atoms with E-state index >= 15 is 0 Å². The summed E-state index contributed by atoms with van der Waals surface area (Å²) in [6.07, 6.45) is -0.770. The van der Waals surface area contributed by atoms with Crippen LogP contribution in [0.4, 0.5) is 0 Å². The second-order valence-electron chi connectivity index (χ2n) is 12.9. The van der Waals surface area contributed by atoms with Crippen molar-refractivity contribution in [2.24, 2.45) is 17.3 Å². The molecule has 9 nitrogen and oxygen atoms in total. The number of piperidine rings is 1. The summed E-state index contributed by atoms with van der Waals surface area (Å²) in [5, 5.41) is 27.7. The smallest absolute Gasteiger partial charge is 0.343 e. The minimum absolute atomic E-state index is 0.00286. The van der Waals surface area contributed by atoms with Gasteiger partial charge in [-0.3, -0.25) is 5.32 Å². The molecule has 3 saturated heterocycles. The Kier molecular flexibility index (Phi) is 5.25. The van der Waals surface area contributed by atoms with Gasteiger partial charge in [0.1, 0.15) is 17.9 Å². The molecular weight excluding hydrogens is 538 g/mol. The zero-order chi connectivity index (χ0) is 29.2. The third kappa shape index (κ3) is 3.05. The number of allylic oxidation sites excluding steroid dienone is 1. The van der Waals surface area contributed by atoms with Crippen molar-refractivity contribution >= 4 is 17.7 Å². The van der Waals surface area contributed by atoms with Crippen LogP contribution >= 0.6 is 0 Å². The molecule has 2 aromatic rings. The van der Waals surface area contributed by atoms with E-state index in [1.165, 1.54) is 0 Å². The number of cyclic esters (lactones) is 1. The fourth-order valence-electron chi connectivity index (χ4n) is 8.39. The Hall–Kier alpha value is -3.34. The molecule has 9 heteroatoms. The summed E-state index contributed by atoms with van der Waals surface area (Å²) >= 11 is 0. The zero-order valence-corrected chi connectivity index (χ0v) is 23.6. The molecule has 0 radical (unpaired) electrons. The zero-order valence-electron chi connectivity index (χ0n) is 23.6. The number of rotatable bonds is 4. The maximum absolute atomic E-state index is 13.3. The van der Waals surface area contributed by atoms with Gasteiger partial charge in [0.25, 0.3) is 0 Å². The Bertz CT molecular complexity index is 1590. The first-order valence-electron chi connectivity index (χ1n) is 14.6. The molecule has 42 heavy (non-hydrogen) atoms. The van der Waals surface area contributed by atoms with Gasteiger partial charge >= 0.3 is 11.9 Å². The lowest BCUT2D eigenvalue weighted by Gasteiger charge is -2.59. The van der Waals surface area contributed by atoms with Crippen molar-refractivity contribution < 1.29 is 38.7 Å². The third-order valence-corrected chi connectivity index (χ3v) is 10.8. The second-order valence-corrected chi connectivity index (χ2v) is 12.9. The minimum atomic E-state index is -1.64. The Labute approximate surface area is 243 Å². The quantitative estimate of drug-likeness (QED) is 0.287. The maximum Gasteiger partial charge on any atom is 0.343 e. The number of aliphatic hydroxyl groups excluding tert-OH is 1. The molecule has 1 spiro atoms. The predicted molar refractivity (Wildman–Crippen MR) is 148 cm³/mol. The summed E-state index contributed by atoms with van der Waals surface area (Å²) in [5.74, 6) is -1.11. The Balaban J connectivity index is 1.25. The number of hydrogen-bond acceptors (Lipinski definition) is 9. The number of nitrogens with one attached hydrogen (secondary N) is 1. The number of epoxide rings is 2. The molecule has 4 aliphatic heterocycles. The molecule has 2 aliphatic carbocycles. The number of esters is 2. The topological polar surface area (TPSA) is 130 Å². The van der Waals surface area contributed by atoms with Crippen LogP contribution in [0.15, 0.2) is 77.6 Å². The molecule has 6 aliphatic rings. The standard InChI is InChI=1S/C33H33NO8/c1-17(2)31-28(37)32-22(41-32)16-21-23-20(14-15-30(21,3)33(32,38)34-29(31)42-31)27(36)40-25(23)24(18-10-6-4-7-11-18)39-26(35)19-12-8-5-9-13-19/h4-13,17,21-22,28-29,34,37-38H,14-16H2,1-3H3/b25-24+/t21-,22-,28+,29+,30-,31+,32+,33+/m0/s1. The summed E-state index contributed by atoms with van der Waals surface area (Å²) < 4.78 is 24.3. The van der Waals surface area contributed by atoms with Crippen LogP contribution in [0.2, 0.25) is 0 Å². The Morgan fingerprint density at radius 3 is 2.38 bits per heavy atom. The molecule has 3 N–H and O–H groups in total. The Morgan fingerprint density at radius 1 is 1.05 bits per heavy atom. The van der Waals surface area contributed by atoms with Crippen LogP contribution in [-0.2, 0) is 23.7 Å². The van der Waals surface area contributed by atoms with Crippen molar-refractivity contribution in [2.75, 3.05) is 0 Å². The van der Waals surface area contributed by atoms with Gasteiger partial charge in [0, 0.05) is 28.0 Å². The number of carbonyl (C=O) groups is 2. The van der Waals surface area contributed by atoms with Crippen LogP contribution in [0.1, 0.15) is 56.0 Å². The van der Waals surface area contributed by atoms with Crippen LogP contribution in [0.25, 0.3) is 5.76 Å². The minimum Gasteiger partial charge on any atom is -0.419 e. The van der Waals surface area contributed by atoms with Crippen molar-refractivity contribution in [1.29, 1.82) is 0 Å². The average Bonchev–Trinajstić information content (AvgIpc) is 3.88. The highest BCUT2D eigenvalue weighted by molar-refractivity contribution is 5.99. The molecule has 4 fully saturated rings. The first kappa shape index (κ1) is 26.3. The van der Waals surface area contributed by atoms with E-state index in [2.05, 4.69) is 5.32 Å². The number of carbonyl (C=O) groups excluding carboxylic acids is 2. The fourth-order valence-corrected chi connectivity index (χ4v) is 8.39. The normalized spacial score (nSPS) is 42.0. The number of fused-ring (bicyclic) bond motifs is 4. The van der Waals surface area contributed by atoms with Crippen molar-refractivity contribution in [3.8, 4) is 0 Å². The van der Waals surface area contributed by atoms with E-state index in [-0.39, 0.29) is 17.4 Å². The predicted octanol–water partition coefficient (Wildman–Crippen LogP) is 3.43. The lowest BCUT2D eigenvalue weighted by Crippen LogP contribution is -2.80. The summed E-state index contributed by atoms with van der Waals surface area (Å²) in [7, 11) is 0. The summed E-state index contributed by atoms with van der Waals surface area (Å²) in [6.45, 7) is 5.97. The van der Waals surface area contributed by atoms with Gasteiger partial charge in [-0.25, -0.2) is 9.59 Å². The highest BCUT2D eigenvalue weighted by Crippen LogP contribution is 2.73. The van der Waals surface area contributed by atoms with E-state index in [0.29, 0.717) is 41.5 Å². The monoisotopic (exact) mass is 571 g/mol. The van der Waals surface area contributed by atoms with Crippen LogP contribution in [0, 0.1) is 17.3 Å². The summed E-state index contributed by atoms with van der Waals surface area (Å²) in [4.78, 5) is 26.7. The maximum atomic E-state index is 13.3. The first-order chi connectivity index (χ1) is 20.1. The highest BCUT2D eigenvalue weighted by atomic mass is 16.7. The number of ether oxygens (including phenoxy) is 4. The van der Waals surface area contributed by atoms with E-state index in [1.54, 1.807) is 36.4 Å². The van der Waals surface area contributed by atoms with E-state index in [4.69, 9.17) is 18.9 Å². The molecule has 8 rings (SSSR count). The van der Waals surface area contributed by atoms with Gasteiger partial charge in [-0.1, -0.05) is 69.3 Å². The molecule has 0 unspecified atom stereocenters. The van der Waals surface area contributed by atoms with Crippen molar-refractivity contribution in [3.05, 3.63) is 88.7 Å². The van der Waals surface area contributed by atoms with Crippen LogP contribution < -0.4 is 5.32 Å². The van der Waals surface area contributed by atoms with E-state index < -0.39 is 58.6 Å². The van der Waals surface area contributed by atoms with Gasteiger partial charge in [-0.05, 0) is 37.3 Å². The van der Waals surface area contributed by atoms with Gasteiger partial charge in [0.2, 0.25) is 0 Å². The lowest BCUT2D eigenvalue weighted by atomic mass is 9.49. The van der Waals surface area contributed by atoms with Crippen LogP contribution in [0.3, 0.4) is 0 Å². The fraction of sp³-hybridized carbons (Fsp3) is 0.455. The molecule has 8 atom stereocenters. The third-order valence-electron chi connectivity index (χ3n) is 10.8. The first-order valence-corrected chi connectivity index (χ1v) is 14.6. The largest absolute Gasteiger partial charge is 0.419 e. The lowest BCUT2D eigenvalue weighted by molar-refractivity contribution is -0.229. The molecule has 2 aromatic carbocycles. The molecule has 4 heterocycles. The number of benzene rings is 2. The molecule has 0 aromatic heterocycles. The van der Waals surface area contributed by atoms with Gasteiger partial charge in [-0.15, -0.1) is 0 Å². The van der Waals surface area contributed by atoms with E-state index in [1.807, 2.05) is 45.0 Å². The highest BCUT2D eigenvalue weighted by Gasteiger charge is 2.91. The summed E-state index contributed by atoms with van der Waals surface area (Å²) in [6, 6.07) is 17.7. The van der Waals surface area contributed by atoms with Crippen molar-refractivity contribution in [3.63, 3.8) is 0 Å². The molecular formula is C33H33NO8. The van der Waals surface area contributed by atoms with Gasteiger partial charge in [-0.2, -0.15) is 0 Å².